The molecule has 0 radical (unpaired) electrons. The van der Waals surface area contributed by atoms with Gasteiger partial charge >= 0.3 is 0 Å². The largest absolute Gasteiger partial charge is 0.463 e. The zero-order valence-corrected chi connectivity index (χ0v) is 13.5. The average Bonchev–Trinajstić information content (AvgIpc) is 3.24. The molecule has 1 fully saturated rings. The number of rotatable bonds is 2. The molecule has 0 N–H and O–H groups in total. The topological polar surface area (TPSA) is 81.6 Å². The van der Waals surface area contributed by atoms with Crippen LogP contribution in [0.2, 0.25) is 0 Å². The summed E-state index contributed by atoms with van der Waals surface area (Å²) >= 11 is 0. The van der Waals surface area contributed by atoms with Gasteiger partial charge in [-0.1, -0.05) is 5.16 Å². The quantitative estimate of drug-likeness (QED) is 0.720. The first kappa shape index (κ1) is 14.9. The van der Waals surface area contributed by atoms with E-state index in [4.69, 9.17) is 13.7 Å². The number of ether oxygens (including phenoxy) is 1. The van der Waals surface area contributed by atoms with Crippen LogP contribution in [0, 0.1) is 6.92 Å². The lowest BCUT2D eigenvalue weighted by atomic mass is 10.1. The maximum atomic E-state index is 13.1. The Balaban J connectivity index is 1.83. The molecule has 0 bridgehead atoms. The molecule has 1 atom stereocenters. The van der Waals surface area contributed by atoms with E-state index in [-0.39, 0.29) is 12.0 Å². The van der Waals surface area contributed by atoms with Crippen LogP contribution in [0.5, 0.6) is 0 Å². The van der Waals surface area contributed by atoms with Crippen LogP contribution >= 0.6 is 0 Å². The van der Waals surface area contributed by atoms with Gasteiger partial charge in [0.1, 0.15) is 5.69 Å². The van der Waals surface area contributed by atoms with Crippen molar-refractivity contribution in [3.63, 3.8) is 0 Å². The van der Waals surface area contributed by atoms with E-state index >= 15 is 0 Å². The summed E-state index contributed by atoms with van der Waals surface area (Å²) in [4.78, 5) is 19.3. The van der Waals surface area contributed by atoms with Crippen molar-refractivity contribution in [1.29, 1.82) is 0 Å². The molecule has 7 nitrogen and oxygen atoms in total. The molecule has 4 heterocycles. The van der Waals surface area contributed by atoms with Gasteiger partial charge in [-0.2, -0.15) is 0 Å². The van der Waals surface area contributed by atoms with E-state index < -0.39 is 0 Å². The van der Waals surface area contributed by atoms with Crippen molar-refractivity contribution in [3.8, 4) is 11.5 Å². The van der Waals surface area contributed by atoms with Crippen molar-refractivity contribution >= 4 is 17.0 Å². The second kappa shape index (κ2) is 5.76. The Kier molecular flexibility index (Phi) is 3.57. The second-order valence-corrected chi connectivity index (χ2v) is 5.91. The van der Waals surface area contributed by atoms with Gasteiger partial charge < -0.3 is 18.6 Å². The van der Waals surface area contributed by atoms with Crippen molar-refractivity contribution in [3.05, 3.63) is 35.7 Å². The standard InChI is InChI=1S/C17H17N3O4/c1-10-9-20(5-7-22-10)17(21)12-8-13(14-4-3-6-23-14)18-16-15(12)11(2)19-24-16/h3-4,6,8,10H,5,7,9H2,1-2H3. The molecule has 0 spiro atoms. The molecule has 1 aliphatic heterocycles. The van der Waals surface area contributed by atoms with Crippen LogP contribution in [0.4, 0.5) is 0 Å². The number of morpholine rings is 1. The van der Waals surface area contributed by atoms with Gasteiger partial charge in [-0.3, -0.25) is 4.79 Å². The number of hydrogen-bond acceptors (Lipinski definition) is 6. The number of carbonyl (C=O) groups is 1. The number of carbonyl (C=O) groups excluding carboxylic acids is 1. The van der Waals surface area contributed by atoms with Crippen molar-refractivity contribution in [2.24, 2.45) is 0 Å². The number of aryl methyl sites for hydroxylation is 1. The molecule has 1 unspecified atom stereocenters. The molecule has 3 aromatic heterocycles. The van der Waals surface area contributed by atoms with E-state index in [0.29, 0.717) is 53.5 Å². The number of nitrogens with zero attached hydrogens (tertiary/aromatic N) is 3. The Bertz CT molecular complexity index is 885. The summed E-state index contributed by atoms with van der Waals surface area (Å²) in [6.07, 6.45) is 1.59. The van der Waals surface area contributed by atoms with Gasteiger partial charge in [0.25, 0.3) is 11.6 Å². The van der Waals surface area contributed by atoms with Crippen molar-refractivity contribution in [2.75, 3.05) is 19.7 Å². The minimum Gasteiger partial charge on any atom is -0.463 e. The molecule has 1 aliphatic rings. The van der Waals surface area contributed by atoms with E-state index in [9.17, 15) is 4.79 Å². The first-order valence-corrected chi connectivity index (χ1v) is 7.85. The van der Waals surface area contributed by atoms with Crippen molar-refractivity contribution in [1.82, 2.24) is 15.0 Å². The van der Waals surface area contributed by atoms with Crippen LogP contribution in [-0.2, 0) is 4.74 Å². The zero-order chi connectivity index (χ0) is 16.7. The minimum absolute atomic E-state index is 0.0214. The molecular weight excluding hydrogens is 310 g/mol. The predicted octanol–water partition coefficient (Wildman–Crippen LogP) is 2.65. The highest BCUT2D eigenvalue weighted by Gasteiger charge is 2.27. The Labute approximate surface area is 138 Å². The smallest absolute Gasteiger partial charge is 0.259 e. The third kappa shape index (κ3) is 2.46. The first-order valence-electron chi connectivity index (χ1n) is 7.85. The molecule has 0 saturated carbocycles. The lowest BCUT2D eigenvalue weighted by molar-refractivity contribution is -0.0123. The Morgan fingerprint density at radius 1 is 1.42 bits per heavy atom. The van der Waals surface area contributed by atoms with Gasteiger partial charge in [0, 0.05) is 13.1 Å². The number of furan rings is 1. The molecule has 24 heavy (non-hydrogen) atoms. The summed E-state index contributed by atoms with van der Waals surface area (Å²) in [6, 6.07) is 5.31. The summed E-state index contributed by atoms with van der Waals surface area (Å²) in [5.74, 6) is 0.506. The highest BCUT2D eigenvalue weighted by Crippen LogP contribution is 2.28. The maximum absolute atomic E-state index is 13.1. The van der Waals surface area contributed by atoms with Crippen LogP contribution in [0.3, 0.4) is 0 Å². The van der Waals surface area contributed by atoms with Crippen LogP contribution in [-0.4, -0.2) is 46.7 Å². The Hall–Kier alpha value is -2.67. The molecule has 7 heteroatoms. The highest BCUT2D eigenvalue weighted by molar-refractivity contribution is 6.06. The summed E-state index contributed by atoms with van der Waals surface area (Å²) < 4.78 is 16.2. The lowest BCUT2D eigenvalue weighted by Crippen LogP contribution is -2.44. The number of amides is 1. The summed E-state index contributed by atoms with van der Waals surface area (Å²) in [5, 5.41) is 4.61. The fourth-order valence-electron chi connectivity index (χ4n) is 2.99. The predicted molar refractivity (Wildman–Crippen MR) is 85.6 cm³/mol. The third-order valence-electron chi connectivity index (χ3n) is 4.15. The number of aromatic nitrogens is 2. The third-order valence-corrected chi connectivity index (χ3v) is 4.15. The Morgan fingerprint density at radius 3 is 3.04 bits per heavy atom. The summed E-state index contributed by atoms with van der Waals surface area (Å²) in [5.41, 5.74) is 2.06. The van der Waals surface area contributed by atoms with E-state index in [1.54, 1.807) is 36.3 Å². The second-order valence-electron chi connectivity index (χ2n) is 5.91. The molecule has 1 saturated heterocycles. The van der Waals surface area contributed by atoms with Gasteiger partial charge in [-0.25, -0.2) is 4.98 Å². The molecule has 3 aromatic rings. The normalized spacial score (nSPS) is 18.2. The molecular formula is C17H17N3O4. The average molecular weight is 327 g/mol. The van der Waals surface area contributed by atoms with E-state index in [1.165, 1.54) is 0 Å². The minimum atomic E-state index is -0.0725. The SMILES string of the molecule is Cc1noc2nc(-c3ccco3)cc(C(=O)N3CCOC(C)C3)c12. The monoisotopic (exact) mass is 327 g/mol. The summed E-state index contributed by atoms with van der Waals surface area (Å²) in [6.45, 7) is 5.42. The van der Waals surface area contributed by atoms with Gasteiger partial charge in [0.05, 0.1) is 35.6 Å². The Morgan fingerprint density at radius 2 is 2.29 bits per heavy atom. The molecule has 1 amide bonds. The van der Waals surface area contributed by atoms with Gasteiger partial charge in [0.2, 0.25) is 0 Å². The van der Waals surface area contributed by atoms with Crippen LogP contribution in [0.25, 0.3) is 22.6 Å². The van der Waals surface area contributed by atoms with Crippen molar-refractivity contribution in [2.45, 2.75) is 20.0 Å². The fraction of sp³-hybridized carbons (Fsp3) is 0.353. The fourth-order valence-corrected chi connectivity index (χ4v) is 2.99. The van der Waals surface area contributed by atoms with Gasteiger partial charge in [-0.05, 0) is 32.0 Å². The van der Waals surface area contributed by atoms with E-state index in [1.807, 2.05) is 6.92 Å². The van der Waals surface area contributed by atoms with Gasteiger partial charge in [0.15, 0.2) is 5.76 Å². The number of fused-ring (bicyclic) bond motifs is 1. The highest BCUT2D eigenvalue weighted by atomic mass is 16.5. The van der Waals surface area contributed by atoms with Crippen LogP contribution in [0.1, 0.15) is 23.0 Å². The number of pyridine rings is 1. The number of hydrogen-bond donors (Lipinski definition) is 0. The maximum Gasteiger partial charge on any atom is 0.259 e. The summed E-state index contributed by atoms with van der Waals surface area (Å²) in [7, 11) is 0. The van der Waals surface area contributed by atoms with Crippen LogP contribution < -0.4 is 0 Å². The van der Waals surface area contributed by atoms with Crippen LogP contribution in [0.15, 0.2) is 33.4 Å². The van der Waals surface area contributed by atoms with Crippen molar-refractivity contribution < 1.29 is 18.5 Å². The first-order chi connectivity index (χ1) is 11.6. The van der Waals surface area contributed by atoms with E-state index in [0.717, 1.165) is 0 Å². The molecule has 124 valence electrons. The molecule has 4 rings (SSSR count). The lowest BCUT2D eigenvalue weighted by Gasteiger charge is -2.31. The van der Waals surface area contributed by atoms with Gasteiger partial charge in [-0.15, -0.1) is 0 Å². The molecule has 0 aromatic carbocycles. The molecule has 0 aliphatic carbocycles. The zero-order valence-electron chi connectivity index (χ0n) is 13.5. The van der Waals surface area contributed by atoms with E-state index in [2.05, 4.69) is 10.1 Å².